The smallest absolute Gasteiger partial charge is 0.242 e. The first-order valence-electron chi connectivity index (χ1n) is 9.22. The Hall–Kier alpha value is -2.47. The molecule has 0 aliphatic heterocycles. The average molecular weight is 401 g/mol. The van der Waals surface area contributed by atoms with Crippen LogP contribution in [0.4, 0.5) is 0 Å². The molecule has 2 aromatic rings. The normalized spacial score (nSPS) is 11.6. The molecule has 2 amide bonds. The van der Waals surface area contributed by atoms with E-state index in [1.165, 1.54) is 11.1 Å². The summed E-state index contributed by atoms with van der Waals surface area (Å²) in [4.78, 5) is 26.7. The van der Waals surface area contributed by atoms with Crippen molar-refractivity contribution in [2.24, 2.45) is 0 Å². The fraction of sp³-hybridized carbons (Fsp3) is 0.364. The number of ether oxygens (including phenoxy) is 1. The number of methoxy groups -OCH3 is 1. The van der Waals surface area contributed by atoms with Crippen molar-refractivity contribution < 1.29 is 14.3 Å². The highest BCUT2D eigenvalue weighted by atomic mass is 32.2. The van der Waals surface area contributed by atoms with Crippen LogP contribution in [0, 0.1) is 6.92 Å². The summed E-state index contributed by atoms with van der Waals surface area (Å²) in [6.07, 6.45) is 0. The summed E-state index contributed by atoms with van der Waals surface area (Å²) in [5, 5.41) is 2.63. The molecule has 0 radical (unpaired) electrons. The molecule has 0 aliphatic rings. The second-order valence-corrected chi connectivity index (χ2v) is 7.56. The van der Waals surface area contributed by atoms with Crippen molar-refractivity contribution in [2.75, 3.05) is 19.9 Å². The van der Waals surface area contributed by atoms with Gasteiger partial charge in [-0.05, 0) is 42.7 Å². The zero-order valence-corrected chi connectivity index (χ0v) is 17.7. The number of thioether (sulfide) groups is 1. The van der Waals surface area contributed by atoms with Crippen molar-refractivity contribution in [3.05, 3.63) is 65.2 Å². The molecular formula is C22H28N2O3S. The second kappa shape index (κ2) is 10.8. The van der Waals surface area contributed by atoms with Crippen LogP contribution in [0.25, 0.3) is 0 Å². The van der Waals surface area contributed by atoms with E-state index >= 15 is 0 Å². The van der Waals surface area contributed by atoms with Crippen molar-refractivity contribution in [3.8, 4) is 5.75 Å². The summed E-state index contributed by atoms with van der Waals surface area (Å²) in [7, 11) is 3.20. The number of benzene rings is 2. The minimum absolute atomic E-state index is 0.0505. The third-order valence-electron chi connectivity index (χ3n) is 4.67. The maximum absolute atomic E-state index is 12.9. The first kappa shape index (κ1) is 21.8. The van der Waals surface area contributed by atoms with Crippen LogP contribution in [0.1, 0.15) is 23.6 Å². The van der Waals surface area contributed by atoms with Gasteiger partial charge in [-0.3, -0.25) is 9.59 Å². The minimum Gasteiger partial charge on any atom is -0.497 e. The minimum atomic E-state index is -0.543. The zero-order valence-electron chi connectivity index (χ0n) is 16.9. The molecule has 1 N–H and O–H groups in total. The third kappa shape index (κ3) is 6.02. The number of likely N-dealkylation sites (N-methyl/N-ethyl adjacent to an activating group) is 1. The van der Waals surface area contributed by atoms with Crippen molar-refractivity contribution in [2.45, 2.75) is 32.2 Å². The van der Waals surface area contributed by atoms with Crippen LogP contribution in [-0.4, -0.2) is 42.7 Å². The Morgan fingerprint density at radius 3 is 2.43 bits per heavy atom. The molecule has 0 spiro atoms. The van der Waals surface area contributed by atoms with E-state index in [2.05, 4.69) is 24.4 Å². The predicted octanol–water partition coefficient (Wildman–Crippen LogP) is 3.40. The van der Waals surface area contributed by atoms with Gasteiger partial charge in [0.05, 0.1) is 12.9 Å². The van der Waals surface area contributed by atoms with E-state index in [1.807, 2.05) is 36.4 Å². The van der Waals surface area contributed by atoms with E-state index in [9.17, 15) is 9.59 Å². The Morgan fingerprint density at radius 2 is 1.82 bits per heavy atom. The fourth-order valence-corrected chi connectivity index (χ4v) is 3.81. The number of amides is 2. The molecule has 0 fully saturated rings. The van der Waals surface area contributed by atoms with Gasteiger partial charge in [0.15, 0.2) is 0 Å². The summed E-state index contributed by atoms with van der Waals surface area (Å²) in [6, 6.07) is 15.2. The highest BCUT2D eigenvalue weighted by molar-refractivity contribution is 7.99. The Kier molecular flexibility index (Phi) is 8.39. The molecule has 0 saturated heterocycles. The quantitative estimate of drug-likeness (QED) is 0.701. The van der Waals surface area contributed by atoms with Gasteiger partial charge in [-0.2, -0.15) is 0 Å². The van der Waals surface area contributed by atoms with Crippen LogP contribution in [0.5, 0.6) is 5.75 Å². The molecule has 0 heterocycles. The van der Waals surface area contributed by atoms with Gasteiger partial charge in [-0.1, -0.05) is 36.4 Å². The standard InChI is InChI=1S/C22H28N2O3S/c1-16-7-5-6-8-19(16)14-28-15-21(25)24(17(2)22(26)23-3)13-18-9-11-20(27-4)12-10-18/h5-12,17H,13-15H2,1-4H3,(H,23,26)/t17-/m0/s1. The molecule has 0 bridgehead atoms. The number of nitrogens with one attached hydrogen (secondary N) is 1. The van der Waals surface area contributed by atoms with Crippen LogP contribution in [0.2, 0.25) is 0 Å². The van der Waals surface area contributed by atoms with E-state index in [1.54, 1.807) is 37.7 Å². The summed E-state index contributed by atoms with van der Waals surface area (Å²) < 4.78 is 5.18. The molecule has 28 heavy (non-hydrogen) atoms. The number of hydrogen-bond donors (Lipinski definition) is 1. The molecule has 150 valence electrons. The maximum Gasteiger partial charge on any atom is 0.242 e. The lowest BCUT2D eigenvalue weighted by Crippen LogP contribution is -2.47. The van der Waals surface area contributed by atoms with E-state index in [0.29, 0.717) is 12.3 Å². The van der Waals surface area contributed by atoms with Crippen molar-refractivity contribution in [3.63, 3.8) is 0 Å². The van der Waals surface area contributed by atoms with Crippen molar-refractivity contribution in [1.29, 1.82) is 0 Å². The Labute approximate surface area is 171 Å². The van der Waals surface area contributed by atoms with Gasteiger partial charge >= 0.3 is 0 Å². The molecule has 0 saturated carbocycles. The summed E-state index contributed by atoms with van der Waals surface area (Å²) in [6.45, 7) is 4.20. The molecule has 0 unspecified atom stereocenters. The van der Waals surface area contributed by atoms with Crippen LogP contribution in [0.15, 0.2) is 48.5 Å². The van der Waals surface area contributed by atoms with Gasteiger partial charge in [0.2, 0.25) is 11.8 Å². The Morgan fingerprint density at radius 1 is 1.14 bits per heavy atom. The van der Waals surface area contributed by atoms with Gasteiger partial charge in [0.1, 0.15) is 11.8 Å². The number of nitrogens with zero attached hydrogens (tertiary/aromatic N) is 1. The fourth-order valence-electron chi connectivity index (χ4n) is 2.82. The third-order valence-corrected chi connectivity index (χ3v) is 5.64. The average Bonchev–Trinajstić information content (AvgIpc) is 2.72. The Bertz CT molecular complexity index is 793. The molecule has 0 aliphatic carbocycles. The lowest BCUT2D eigenvalue weighted by Gasteiger charge is -2.28. The van der Waals surface area contributed by atoms with Gasteiger partial charge < -0.3 is 15.0 Å². The number of carbonyl (C=O) groups excluding carboxylic acids is 2. The molecule has 1 atom stereocenters. The number of rotatable bonds is 9. The number of carbonyl (C=O) groups is 2. The molecule has 2 rings (SSSR count). The monoisotopic (exact) mass is 400 g/mol. The number of aryl methyl sites for hydroxylation is 1. The first-order chi connectivity index (χ1) is 13.5. The summed E-state index contributed by atoms with van der Waals surface area (Å²) in [5.41, 5.74) is 3.39. The van der Waals surface area contributed by atoms with E-state index in [-0.39, 0.29) is 11.8 Å². The number of hydrogen-bond acceptors (Lipinski definition) is 4. The highest BCUT2D eigenvalue weighted by Gasteiger charge is 2.25. The van der Waals surface area contributed by atoms with Crippen LogP contribution in [0.3, 0.4) is 0 Å². The van der Waals surface area contributed by atoms with Crippen LogP contribution in [-0.2, 0) is 21.9 Å². The molecule has 5 nitrogen and oxygen atoms in total. The summed E-state index contributed by atoms with van der Waals surface area (Å²) >= 11 is 1.57. The van der Waals surface area contributed by atoms with Crippen molar-refractivity contribution in [1.82, 2.24) is 10.2 Å². The lowest BCUT2D eigenvalue weighted by atomic mass is 10.1. The van der Waals surface area contributed by atoms with Gasteiger partial charge in [0, 0.05) is 19.3 Å². The first-order valence-corrected chi connectivity index (χ1v) is 10.4. The predicted molar refractivity (Wildman–Crippen MR) is 114 cm³/mol. The Balaban J connectivity index is 2.05. The lowest BCUT2D eigenvalue weighted by molar-refractivity contribution is -0.138. The molecule has 0 aromatic heterocycles. The van der Waals surface area contributed by atoms with Crippen LogP contribution < -0.4 is 10.1 Å². The SMILES string of the molecule is CNC(=O)[C@H](C)N(Cc1ccc(OC)cc1)C(=O)CSCc1ccccc1C. The molecular weight excluding hydrogens is 372 g/mol. The van der Waals surface area contributed by atoms with Gasteiger partial charge in [0.25, 0.3) is 0 Å². The zero-order chi connectivity index (χ0) is 20.5. The van der Waals surface area contributed by atoms with Gasteiger partial charge in [-0.25, -0.2) is 0 Å². The highest BCUT2D eigenvalue weighted by Crippen LogP contribution is 2.19. The van der Waals surface area contributed by atoms with E-state index in [4.69, 9.17) is 4.74 Å². The molecule has 2 aromatic carbocycles. The maximum atomic E-state index is 12.9. The van der Waals surface area contributed by atoms with Gasteiger partial charge in [-0.15, -0.1) is 11.8 Å². The summed E-state index contributed by atoms with van der Waals surface area (Å²) in [5.74, 6) is 1.63. The molecule has 6 heteroatoms. The topological polar surface area (TPSA) is 58.6 Å². The van der Waals surface area contributed by atoms with Crippen LogP contribution >= 0.6 is 11.8 Å². The largest absolute Gasteiger partial charge is 0.497 e. The van der Waals surface area contributed by atoms with Crippen molar-refractivity contribution >= 4 is 23.6 Å². The van der Waals surface area contributed by atoms with E-state index in [0.717, 1.165) is 17.1 Å². The van der Waals surface area contributed by atoms with E-state index < -0.39 is 6.04 Å². The second-order valence-electron chi connectivity index (χ2n) is 6.58.